The number of hydrogen-bond donors (Lipinski definition) is 0. The van der Waals surface area contributed by atoms with Crippen LogP contribution in [-0.2, 0) is 5.41 Å². The summed E-state index contributed by atoms with van der Waals surface area (Å²) in [5, 5.41) is 2.82. The van der Waals surface area contributed by atoms with Gasteiger partial charge in [0.2, 0.25) is 0 Å². The molecule has 1 nitrogen and oxygen atoms in total. The second kappa shape index (κ2) is 6.95. The first-order chi connectivity index (χ1) is 11.1. The fraction of sp³-hybridized carbons (Fsp3) is 0.545. The first kappa shape index (κ1) is 16.4. The van der Waals surface area contributed by atoms with E-state index in [0.717, 1.165) is 6.54 Å². The lowest BCUT2D eigenvalue weighted by Gasteiger charge is -2.22. The van der Waals surface area contributed by atoms with Crippen molar-refractivity contribution in [2.24, 2.45) is 0 Å². The van der Waals surface area contributed by atoms with E-state index < -0.39 is 0 Å². The van der Waals surface area contributed by atoms with E-state index in [-0.39, 0.29) is 5.41 Å². The van der Waals surface area contributed by atoms with Gasteiger partial charge in [-0.25, -0.2) is 0 Å². The van der Waals surface area contributed by atoms with E-state index in [1.165, 1.54) is 61.5 Å². The highest BCUT2D eigenvalue weighted by Gasteiger charge is 2.35. The first-order valence-corrected chi connectivity index (χ1v) is 9.40. The summed E-state index contributed by atoms with van der Waals surface area (Å²) in [5.41, 5.74) is 3.28. The fourth-order valence-corrected chi connectivity index (χ4v) is 4.16. The summed E-state index contributed by atoms with van der Waals surface area (Å²) in [6, 6.07) is 13.5. The largest absolute Gasteiger partial charge is 0.370 e. The average molecular weight is 309 g/mol. The van der Waals surface area contributed by atoms with Crippen LogP contribution in [-0.4, -0.2) is 13.1 Å². The number of unbranched alkanes of at least 4 members (excludes halogenated alkanes) is 5. The Bertz CT molecular complexity index is 656. The Morgan fingerprint density at radius 2 is 1.65 bits per heavy atom. The van der Waals surface area contributed by atoms with Gasteiger partial charge in [-0.3, -0.25) is 0 Å². The summed E-state index contributed by atoms with van der Waals surface area (Å²) in [6.45, 7) is 9.46. The summed E-state index contributed by atoms with van der Waals surface area (Å²) in [7, 11) is 0. The molecule has 0 bridgehead atoms. The minimum absolute atomic E-state index is 0.248. The molecule has 2 aromatic carbocycles. The van der Waals surface area contributed by atoms with Gasteiger partial charge in [0.15, 0.2) is 0 Å². The molecular weight excluding hydrogens is 278 g/mol. The number of benzene rings is 2. The predicted octanol–water partition coefficient (Wildman–Crippen LogP) is 6.30. The van der Waals surface area contributed by atoms with E-state index in [1.807, 2.05) is 0 Å². The number of nitrogens with zero attached hydrogens (tertiary/aromatic N) is 1. The fourth-order valence-electron chi connectivity index (χ4n) is 4.16. The van der Waals surface area contributed by atoms with Gasteiger partial charge in [0.25, 0.3) is 0 Å². The van der Waals surface area contributed by atoms with Crippen molar-refractivity contribution in [1.82, 2.24) is 0 Å². The maximum atomic E-state index is 2.63. The number of hydrogen-bond acceptors (Lipinski definition) is 1. The second-order valence-corrected chi connectivity index (χ2v) is 7.75. The minimum Gasteiger partial charge on any atom is -0.370 e. The summed E-state index contributed by atoms with van der Waals surface area (Å²) < 4.78 is 0. The number of anilines is 1. The Morgan fingerprint density at radius 1 is 0.913 bits per heavy atom. The second-order valence-electron chi connectivity index (χ2n) is 7.75. The molecule has 3 rings (SSSR count). The summed E-state index contributed by atoms with van der Waals surface area (Å²) >= 11 is 0. The molecule has 0 N–H and O–H groups in total. The third-order valence-electron chi connectivity index (χ3n) is 5.29. The highest BCUT2D eigenvalue weighted by atomic mass is 15.2. The van der Waals surface area contributed by atoms with Crippen molar-refractivity contribution in [3.63, 3.8) is 0 Å². The van der Waals surface area contributed by atoms with E-state index in [9.17, 15) is 0 Å². The molecule has 1 aliphatic rings. The molecule has 0 fully saturated rings. The van der Waals surface area contributed by atoms with Gasteiger partial charge < -0.3 is 4.90 Å². The Balaban J connectivity index is 1.73. The standard InChI is InChI=1S/C22H31N/c1-4-5-6-7-8-11-16-23-17-22(2,3)21-19-13-10-9-12-18(19)14-15-20(21)23/h9-10,12-15H,4-8,11,16-17H2,1-3H3. The summed E-state index contributed by atoms with van der Waals surface area (Å²) in [6.07, 6.45) is 8.23. The van der Waals surface area contributed by atoms with Gasteiger partial charge in [0.1, 0.15) is 0 Å². The molecule has 0 radical (unpaired) electrons. The van der Waals surface area contributed by atoms with Gasteiger partial charge in [-0.05, 0) is 28.8 Å². The van der Waals surface area contributed by atoms with Gasteiger partial charge in [0, 0.05) is 24.2 Å². The molecule has 1 heterocycles. The summed E-state index contributed by atoms with van der Waals surface area (Å²) in [5.74, 6) is 0. The smallest absolute Gasteiger partial charge is 0.0411 e. The van der Waals surface area contributed by atoms with Crippen LogP contribution in [0, 0.1) is 0 Å². The van der Waals surface area contributed by atoms with E-state index in [1.54, 1.807) is 5.56 Å². The SMILES string of the molecule is CCCCCCCCN1CC(C)(C)c2c1ccc1ccccc21. The molecule has 124 valence electrons. The quantitative estimate of drug-likeness (QED) is 0.543. The van der Waals surface area contributed by atoms with Gasteiger partial charge in [-0.2, -0.15) is 0 Å². The van der Waals surface area contributed by atoms with Gasteiger partial charge in [-0.1, -0.05) is 83.2 Å². The van der Waals surface area contributed by atoms with Crippen molar-refractivity contribution < 1.29 is 0 Å². The van der Waals surface area contributed by atoms with Crippen molar-refractivity contribution in [2.45, 2.75) is 64.7 Å². The Morgan fingerprint density at radius 3 is 2.48 bits per heavy atom. The molecule has 0 unspecified atom stereocenters. The highest BCUT2D eigenvalue weighted by molar-refractivity contribution is 5.92. The topological polar surface area (TPSA) is 3.24 Å². The van der Waals surface area contributed by atoms with Crippen LogP contribution in [0.4, 0.5) is 5.69 Å². The molecule has 2 aromatic rings. The molecule has 1 aliphatic heterocycles. The Hall–Kier alpha value is -1.50. The van der Waals surface area contributed by atoms with Crippen molar-refractivity contribution in [3.8, 4) is 0 Å². The Labute approximate surface area is 141 Å². The lowest BCUT2D eigenvalue weighted by atomic mass is 9.84. The molecule has 23 heavy (non-hydrogen) atoms. The maximum Gasteiger partial charge on any atom is 0.0411 e. The van der Waals surface area contributed by atoms with Crippen LogP contribution >= 0.6 is 0 Å². The zero-order chi connectivity index (χ0) is 16.3. The molecule has 0 atom stereocenters. The van der Waals surface area contributed by atoms with Gasteiger partial charge in [-0.15, -0.1) is 0 Å². The average Bonchev–Trinajstić information content (AvgIpc) is 2.82. The van der Waals surface area contributed by atoms with E-state index in [0.29, 0.717) is 0 Å². The van der Waals surface area contributed by atoms with Crippen LogP contribution in [0.2, 0.25) is 0 Å². The highest BCUT2D eigenvalue weighted by Crippen LogP contribution is 2.44. The maximum absolute atomic E-state index is 2.63. The van der Waals surface area contributed by atoms with Crippen molar-refractivity contribution in [2.75, 3.05) is 18.0 Å². The molecule has 1 heteroatoms. The van der Waals surface area contributed by atoms with Crippen molar-refractivity contribution in [1.29, 1.82) is 0 Å². The van der Waals surface area contributed by atoms with Crippen molar-refractivity contribution in [3.05, 3.63) is 42.0 Å². The number of rotatable bonds is 7. The van der Waals surface area contributed by atoms with Gasteiger partial charge in [0.05, 0.1) is 0 Å². The minimum atomic E-state index is 0.248. The molecular formula is C22H31N. The lowest BCUT2D eigenvalue weighted by molar-refractivity contribution is 0.539. The molecule has 0 aliphatic carbocycles. The predicted molar refractivity (Wildman–Crippen MR) is 103 cm³/mol. The zero-order valence-electron chi connectivity index (χ0n) is 15.1. The normalized spacial score (nSPS) is 16.0. The molecule has 0 amide bonds. The molecule has 0 saturated heterocycles. The molecule has 0 saturated carbocycles. The van der Waals surface area contributed by atoms with Crippen LogP contribution < -0.4 is 4.90 Å². The lowest BCUT2D eigenvalue weighted by Crippen LogP contribution is -2.29. The number of fused-ring (bicyclic) bond motifs is 3. The van der Waals surface area contributed by atoms with Crippen LogP contribution in [0.3, 0.4) is 0 Å². The monoisotopic (exact) mass is 309 g/mol. The van der Waals surface area contributed by atoms with Crippen molar-refractivity contribution >= 4 is 16.5 Å². The first-order valence-electron chi connectivity index (χ1n) is 9.40. The van der Waals surface area contributed by atoms with Gasteiger partial charge >= 0.3 is 0 Å². The third-order valence-corrected chi connectivity index (χ3v) is 5.29. The molecule has 0 spiro atoms. The van der Waals surface area contributed by atoms with E-state index >= 15 is 0 Å². The van der Waals surface area contributed by atoms with Crippen LogP contribution in [0.25, 0.3) is 10.8 Å². The Kier molecular flexibility index (Phi) is 4.94. The van der Waals surface area contributed by atoms with Crippen LogP contribution in [0.15, 0.2) is 36.4 Å². The third kappa shape index (κ3) is 3.39. The zero-order valence-corrected chi connectivity index (χ0v) is 15.1. The van der Waals surface area contributed by atoms with E-state index in [2.05, 4.69) is 62.1 Å². The summed E-state index contributed by atoms with van der Waals surface area (Å²) in [4.78, 5) is 2.63. The van der Waals surface area contributed by atoms with Crippen LogP contribution in [0.5, 0.6) is 0 Å². The molecule has 0 aromatic heterocycles. The van der Waals surface area contributed by atoms with E-state index in [4.69, 9.17) is 0 Å². The van der Waals surface area contributed by atoms with Crippen LogP contribution in [0.1, 0.15) is 64.9 Å².